The third-order valence-electron chi connectivity index (χ3n) is 3.78. The third kappa shape index (κ3) is 3.77. The second kappa shape index (κ2) is 7.77. The molecule has 2 aromatic carbocycles. The van der Waals surface area contributed by atoms with Gasteiger partial charge in [-0.15, -0.1) is 0 Å². The molecule has 0 aliphatic carbocycles. The van der Waals surface area contributed by atoms with Crippen LogP contribution in [0.15, 0.2) is 30.3 Å². The summed E-state index contributed by atoms with van der Waals surface area (Å²) in [5.74, 6) is 0.972. The van der Waals surface area contributed by atoms with E-state index >= 15 is 0 Å². The van der Waals surface area contributed by atoms with Gasteiger partial charge in [0.2, 0.25) is 0 Å². The van der Waals surface area contributed by atoms with Crippen molar-refractivity contribution >= 4 is 29.1 Å². The molecule has 1 amide bonds. The average molecular weight is 368 g/mol. The molecule has 1 atom stereocenters. The molecule has 2 rings (SSSR count). The summed E-state index contributed by atoms with van der Waals surface area (Å²) in [5.41, 5.74) is 2.26. The van der Waals surface area contributed by atoms with Crippen LogP contribution in [0.3, 0.4) is 0 Å². The van der Waals surface area contributed by atoms with Gasteiger partial charge >= 0.3 is 0 Å². The fraction of sp³-hybridized carbons (Fsp3) is 0.278. The molecule has 0 saturated heterocycles. The molecule has 1 N–H and O–H groups in total. The molecule has 4 nitrogen and oxygen atoms in total. The Labute approximate surface area is 151 Å². The maximum atomic E-state index is 12.5. The molecule has 0 bridgehead atoms. The number of methoxy groups -OCH3 is 2. The summed E-state index contributed by atoms with van der Waals surface area (Å²) in [6.07, 6.45) is 0. The van der Waals surface area contributed by atoms with Crippen molar-refractivity contribution in [1.82, 2.24) is 5.32 Å². The van der Waals surface area contributed by atoms with Crippen LogP contribution in [0.1, 0.15) is 34.5 Å². The minimum Gasteiger partial charge on any atom is -0.493 e. The van der Waals surface area contributed by atoms with Crippen LogP contribution in [0.5, 0.6) is 11.5 Å². The molecular weight excluding hydrogens is 349 g/mol. The largest absolute Gasteiger partial charge is 0.493 e. The van der Waals surface area contributed by atoms with E-state index in [1.807, 2.05) is 26.0 Å². The SMILES string of the molecule is COc1cc(C)c([C@@H](C)NC(=O)c2cccc(Cl)c2Cl)cc1OC. The first-order chi connectivity index (χ1) is 11.4. The van der Waals surface area contributed by atoms with Gasteiger partial charge in [-0.05, 0) is 49.2 Å². The van der Waals surface area contributed by atoms with Crippen molar-refractivity contribution in [2.45, 2.75) is 19.9 Å². The highest BCUT2D eigenvalue weighted by Crippen LogP contribution is 2.33. The summed E-state index contributed by atoms with van der Waals surface area (Å²) in [6.45, 7) is 3.84. The van der Waals surface area contributed by atoms with E-state index in [4.69, 9.17) is 32.7 Å². The number of nitrogens with one attached hydrogen (secondary N) is 1. The zero-order chi connectivity index (χ0) is 17.9. The molecular formula is C18H19Cl2NO3. The summed E-state index contributed by atoms with van der Waals surface area (Å²) < 4.78 is 10.6. The number of hydrogen-bond acceptors (Lipinski definition) is 3. The number of ether oxygens (including phenoxy) is 2. The molecule has 0 radical (unpaired) electrons. The molecule has 0 unspecified atom stereocenters. The highest BCUT2D eigenvalue weighted by molar-refractivity contribution is 6.43. The van der Waals surface area contributed by atoms with Gasteiger partial charge in [0.25, 0.3) is 5.91 Å². The first kappa shape index (κ1) is 18.4. The van der Waals surface area contributed by atoms with Crippen molar-refractivity contribution in [3.8, 4) is 11.5 Å². The van der Waals surface area contributed by atoms with Crippen LogP contribution in [0.4, 0.5) is 0 Å². The molecule has 128 valence electrons. The lowest BCUT2D eigenvalue weighted by molar-refractivity contribution is 0.0940. The van der Waals surface area contributed by atoms with E-state index in [9.17, 15) is 4.79 Å². The normalized spacial score (nSPS) is 11.8. The minimum absolute atomic E-state index is 0.243. The van der Waals surface area contributed by atoms with E-state index < -0.39 is 0 Å². The lowest BCUT2D eigenvalue weighted by atomic mass is 10.0. The van der Waals surface area contributed by atoms with Gasteiger partial charge in [0.05, 0.1) is 35.9 Å². The molecule has 0 fully saturated rings. The van der Waals surface area contributed by atoms with Gasteiger partial charge in [-0.3, -0.25) is 4.79 Å². The highest BCUT2D eigenvalue weighted by atomic mass is 35.5. The van der Waals surface area contributed by atoms with E-state index in [0.29, 0.717) is 22.1 Å². The number of benzene rings is 2. The molecule has 0 saturated carbocycles. The van der Waals surface area contributed by atoms with Crippen molar-refractivity contribution in [3.63, 3.8) is 0 Å². The van der Waals surface area contributed by atoms with E-state index in [1.165, 1.54) is 0 Å². The Morgan fingerprint density at radius 2 is 1.75 bits per heavy atom. The van der Waals surface area contributed by atoms with E-state index in [0.717, 1.165) is 11.1 Å². The van der Waals surface area contributed by atoms with Crippen molar-refractivity contribution in [1.29, 1.82) is 0 Å². The average Bonchev–Trinajstić information content (AvgIpc) is 2.56. The quantitative estimate of drug-likeness (QED) is 0.824. The lowest BCUT2D eigenvalue weighted by Gasteiger charge is -2.19. The number of rotatable bonds is 5. The van der Waals surface area contributed by atoms with Crippen LogP contribution in [0.2, 0.25) is 10.0 Å². The smallest absolute Gasteiger partial charge is 0.253 e. The summed E-state index contributed by atoms with van der Waals surface area (Å²) in [5, 5.41) is 3.52. The summed E-state index contributed by atoms with van der Waals surface area (Å²) >= 11 is 12.1. The highest BCUT2D eigenvalue weighted by Gasteiger charge is 2.18. The number of halogens is 2. The van der Waals surface area contributed by atoms with Crippen LogP contribution < -0.4 is 14.8 Å². The second-order valence-corrected chi connectivity index (χ2v) is 6.15. The fourth-order valence-electron chi connectivity index (χ4n) is 2.49. The Kier molecular flexibility index (Phi) is 5.97. The van der Waals surface area contributed by atoms with Gasteiger partial charge in [-0.1, -0.05) is 29.3 Å². The predicted molar refractivity (Wildman–Crippen MR) is 96.6 cm³/mol. The number of aryl methyl sites for hydroxylation is 1. The van der Waals surface area contributed by atoms with E-state index in [-0.39, 0.29) is 17.0 Å². The number of carbonyl (C=O) groups excluding carboxylic acids is 1. The maximum absolute atomic E-state index is 12.5. The molecule has 2 aromatic rings. The Morgan fingerprint density at radius 3 is 2.38 bits per heavy atom. The number of amides is 1. The topological polar surface area (TPSA) is 47.6 Å². The zero-order valence-corrected chi connectivity index (χ0v) is 15.5. The maximum Gasteiger partial charge on any atom is 0.253 e. The van der Waals surface area contributed by atoms with Gasteiger partial charge in [0, 0.05) is 0 Å². The van der Waals surface area contributed by atoms with E-state index in [1.54, 1.807) is 32.4 Å². The zero-order valence-electron chi connectivity index (χ0n) is 13.9. The van der Waals surface area contributed by atoms with Crippen LogP contribution in [-0.4, -0.2) is 20.1 Å². The van der Waals surface area contributed by atoms with Gasteiger partial charge in [0.15, 0.2) is 11.5 Å². The number of hydrogen-bond donors (Lipinski definition) is 1. The monoisotopic (exact) mass is 367 g/mol. The molecule has 0 heterocycles. The van der Waals surface area contributed by atoms with Crippen LogP contribution in [-0.2, 0) is 0 Å². The van der Waals surface area contributed by atoms with Crippen LogP contribution >= 0.6 is 23.2 Å². The summed E-state index contributed by atoms with van der Waals surface area (Å²) in [7, 11) is 3.16. The lowest BCUT2D eigenvalue weighted by Crippen LogP contribution is -2.27. The van der Waals surface area contributed by atoms with Crippen molar-refractivity contribution in [3.05, 3.63) is 57.1 Å². The van der Waals surface area contributed by atoms with Gasteiger partial charge in [-0.25, -0.2) is 0 Å². The van der Waals surface area contributed by atoms with Crippen molar-refractivity contribution < 1.29 is 14.3 Å². The second-order valence-electron chi connectivity index (χ2n) is 5.36. The number of carbonyl (C=O) groups is 1. The minimum atomic E-state index is -0.288. The van der Waals surface area contributed by atoms with Crippen LogP contribution in [0, 0.1) is 6.92 Å². The van der Waals surface area contributed by atoms with E-state index in [2.05, 4.69) is 5.32 Å². The summed E-state index contributed by atoms with van der Waals surface area (Å²) in [4.78, 5) is 12.5. The van der Waals surface area contributed by atoms with Crippen molar-refractivity contribution in [2.75, 3.05) is 14.2 Å². The molecule has 0 aliphatic heterocycles. The van der Waals surface area contributed by atoms with Crippen LogP contribution in [0.25, 0.3) is 0 Å². The molecule has 0 aromatic heterocycles. The third-order valence-corrected chi connectivity index (χ3v) is 4.60. The first-order valence-corrected chi connectivity index (χ1v) is 8.12. The summed E-state index contributed by atoms with van der Waals surface area (Å²) in [6, 6.07) is 8.46. The fourth-order valence-corrected chi connectivity index (χ4v) is 2.88. The Hall–Kier alpha value is -1.91. The Morgan fingerprint density at radius 1 is 1.12 bits per heavy atom. The first-order valence-electron chi connectivity index (χ1n) is 7.36. The van der Waals surface area contributed by atoms with Gasteiger partial charge in [0.1, 0.15) is 0 Å². The standard InChI is InChI=1S/C18H19Cl2NO3/c1-10-8-15(23-3)16(24-4)9-13(10)11(2)21-18(22)12-6-5-7-14(19)17(12)20/h5-9,11H,1-4H3,(H,21,22)/t11-/m1/s1. The van der Waals surface area contributed by atoms with Crippen molar-refractivity contribution in [2.24, 2.45) is 0 Å². The Balaban J connectivity index is 2.28. The molecule has 6 heteroatoms. The molecule has 0 aliphatic rings. The Bertz CT molecular complexity index is 762. The molecule has 0 spiro atoms. The predicted octanol–water partition coefficient (Wildman–Crippen LogP) is 4.81. The molecule has 24 heavy (non-hydrogen) atoms. The van der Waals surface area contributed by atoms with Gasteiger partial charge in [-0.2, -0.15) is 0 Å². The van der Waals surface area contributed by atoms with Gasteiger partial charge < -0.3 is 14.8 Å².